The zero-order valence-electron chi connectivity index (χ0n) is 14.5. The zero-order chi connectivity index (χ0) is 17.8. The van der Waals surface area contributed by atoms with Crippen LogP contribution >= 0.6 is 0 Å². The van der Waals surface area contributed by atoms with E-state index in [-0.39, 0.29) is 24.3 Å². The van der Waals surface area contributed by atoms with E-state index < -0.39 is 0 Å². The SMILES string of the molecule is CC(CC(=O)Nc1ccc(-c2ccnn2C)nn1)N1CCCCC1=O. The minimum Gasteiger partial charge on any atom is -0.339 e. The summed E-state index contributed by atoms with van der Waals surface area (Å²) >= 11 is 0. The van der Waals surface area contributed by atoms with Gasteiger partial charge in [-0.1, -0.05) is 0 Å². The molecule has 1 atom stereocenters. The Labute approximate surface area is 146 Å². The lowest BCUT2D eigenvalue weighted by molar-refractivity contribution is -0.136. The fourth-order valence-electron chi connectivity index (χ4n) is 3.03. The molecule has 2 aromatic heterocycles. The van der Waals surface area contributed by atoms with Crippen LogP contribution in [0.4, 0.5) is 5.82 Å². The number of nitrogens with zero attached hydrogens (tertiary/aromatic N) is 5. The summed E-state index contributed by atoms with van der Waals surface area (Å²) in [6.07, 6.45) is 4.45. The molecular formula is C17H22N6O2. The molecule has 3 rings (SSSR count). The number of carbonyl (C=O) groups is 2. The Bertz CT molecular complexity index is 755. The van der Waals surface area contributed by atoms with E-state index in [1.54, 1.807) is 27.9 Å². The van der Waals surface area contributed by atoms with Gasteiger partial charge in [-0.2, -0.15) is 5.10 Å². The summed E-state index contributed by atoms with van der Waals surface area (Å²) < 4.78 is 1.71. The van der Waals surface area contributed by atoms with Crippen molar-refractivity contribution in [1.29, 1.82) is 0 Å². The van der Waals surface area contributed by atoms with Crippen LogP contribution in [0.15, 0.2) is 24.4 Å². The van der Waals surface area contributed by atoms with Crippen LogP contribution in [0.5, 0.6) is 0 Å². The maximum atomic E-state index is 12.2. The highest BCUT2D eigenvalue weighted by Gasteiger charge is 2.24. The summed E-state index contributed by atoms with van der Waals surface area (Å²) in [5.41, 5.74) is 1.54. The number of likely N-dealkylation sites (tertiary alicyclic amines) is 1. The lowest BCUT2D eigenvalue weighted by Crippen LogP contribution is -2.43. The maximum absolute atomic E-state index is 12.2. The molecule has 0 saturated carbocycles. The number of nitrogens with one attached hydrogen (secondary N) is 1. The van der Waals surface area contributed by atoms with Crippen LogP contribution in [0.2, 0.25) is 0 Å². The third-order valence-corrected chi connectivity index (χ3v) is 4.39. The van der Waals surface area contributed by atoms with Gasteiger partial charge in [0.05, 0.1) is 5.69 Å². The number of hydrogen-bond donors (Lipinski definition) is 1. The Morgan fingerprint density at radius 1 is 1.28 bits per heavy atom. The van der Waals surface area contributed by atoms with Crippen molar-refractivity contribution < 1.29 is 9.59 Å². The van der Waals surface area contributed by atoms with Crippen molar-refractivity contribution in [2.24, 2.45) is 7.05 Å². The number of piperidine rings is 1. The molecule has 0 spiro atoms. The van der Waals surface area contributed by atoms with E-state index >= 15 is 0 Å². The Kier molecular flexibility index (Phi) is 5.06. The molecule has 0 aromatic carbocycles. The fraction of sp³-hybridized carbons (Fsp3) is 0.471. The van der Waals surface area contributed by atoms with Crippen molar-refractivity contribution in [3.05, 3.63) is 24.4 Å². The van der Waals surface area contributed by atoms with Gasteiger partial charge >= 0.3 is 0 Å². The molecule has 0 aliphatic carbocycles. The Morgan fingerprint density at radius 2 is 2.12 bits per heavy atom. The second-order valence-corrected chi connectivity index (χ2v) is 6.29. The highest BCUT2D eigenvalue weighted by Crippen LogP contribution is 2.17. The van der Waals surface area contributed by atoms with Crippen LogP contribution in [-0.2, 0) is 16.6 Å². The molecule has 1 N–H and O–H groups in total. The van der Waals surface area contributed by atoms with Gasteiger partial charge in [-0.15, -0.1) is 10.2 Å². The van der Waals surface area contributed by atoms with Gasteiger partial charge in [-0.05, 0) is 38.0 Å². The number of rotatable bonds is 5. The van der Waals surface area contributed by atoms with Gasteiger partial charge in [-0.25, -0.2) is 0 Å². The lowest BCUT2D eigenvalue weighted by Gasteiger charge is -2.32. The topological polar surface area (TPSA) is 93.0 Å². The van der Waals surface area contributed by atoms with E-state index in [9.17, 15) is 9.59 Å². The second kappa shape index (κ2) is 7.42. The van der Waals surface area contributed by atoms with E-state index in [2.05, 4.69) is 20.6 Å². The lowest BCUT2D eigenvalue weighted by atomic mass is 10.1. The number of aryl methyl sites for hydroxylation is 1. The van der Waals surface area contributed by atoms with Gasteiger partial charge < -0.3 is 10.2 Å². The molecule has 0 bridgehead atoms. The summed E-state index contributed by atoms with van der Waals surface area (Å²) in [6.45, 7) is 2.63. The second-order valence-electron chi connectivity index (χ2n) is 6.29. The fourth-order valence-corrected chi connectivity index (χ4v) is 3.03. The van der Waals surface area contributed by atoms with E-state index in [1.165, 1.54) is 0 Å². The van der Waals surface area contributed by atoms with Crippen LogP contribution in [0.25, 0.3) is 11.4 Å². The molecule has 1 aliphatic rings. The Balaban J connectivity index is 1.57. The summed E-state index contributed by atoms with van der Waals surface area (Å²) in [5.74, 6) is 0.355. The van der Waals surface area contributed by atoms with E-state index in [0.717, 1.165) is 25.1 Å². The first kappa shape index (κ1) is 17.1. The Morgan fingerprint density at radius 3 is 2.76 bits per heavy atom. The molecule has 132 valence electrons. The molecule has 8 nitrogen and oxygen atoms in total. The van der Waals surface area contributed by atoms with E-state index in [4.69, 9.17) is 0 Å². The molecule has 1 fully saturated rings. The number of amides is 2. The molecule has 8 heteroatoms. The molecule has 3 heterocycles. The first-order valence-electron chi connectivity index (χ1n) is 8.46. The van der Waals surface area contributed by atoms with Crippen molar-refractivity contribution >= 4 is 17.6 Å². The van der Waals surface area contributed by atoms with Gasteiger partial charge in [0.15, 0.2) is 5.82 Å². The highest BCUT2D eigenvalue weighted by atomic mass is 16.2. The molecular weight excluding hydrogens is 320 g/mol. The summed E-state index contributed by atoms with van der Waals surface area (Å²) in [5, 5.41) is 15.0. The van der Waals surface area contributed by atoms with Crippen LogP contribution in [0.1, 0.15) is 32.6 Å². The quantitative estimate of drug-likeness (QED) is 0.891. The number of carbonyl (C=O) groups excluding carboxylic acids is 2. The first-order chi connectivity index (χ1) is 12.0. The number of anilines is 1. The standard InChI is InChI=1S/C17H22N6O2/c1-12(23-10-4-3-5-17(23)25)11-16(24)19-15-7-6-13(20-21-15)14-8-9-18-22(14)2/h6-9,12H,3-5,10-11H2,1-2H3,(H,19,21,24). The molecule has 25 heavy (non-hydrogen) atoms. The van der Waals surface area contributed by atoms with Crippen LogP contribution in [0, 0.1) is 0 Å². The summed E-state index contributed by atoms with van der Waals surface area (Å²) in [6, 6.07) is 5.23. The van der Waals surface area contributed by atoms with Crippen LogP contribution in [0.3, 0.4) is 0 Å². The van der Waals surface area contributed by atoms with E-state index in [1.807, 2.05) is 20.0 Å². The van der Waals surface area contributed by atoms with Gasteiger partial charge in [0.1, 0.15) is 5.69 Å². The maximum Gasteiger partial charge on any atom is 0.227 e. The molecule has 0 radical (unpaired) electrons. The highest BCUT2D eigenvalue weighted by molar-refractivity contribution is 5.90. The van der Waals surface area contributed by atoms with Crippen LogP contribution in [-0.4, -0.2) is 49.3 Å². The predicted molar refractivity (Wildman–Crippen MR) is 92.5 cm³/mol. The van der Waals surface area contributed by atoms with Crippen molar-refractivity contribution in [2.45, 2.75) is 38.6 Å². The minimum atomic E-state index is -0.173. The third kappa shape index (κ3) is 4.01. The summed E-state index contributed by atoms with van der Waals surface area (Å²) in [7, 11) is 1.83. The Hall–Kier alpha value is -2.77. The monoisotopic (exact) mass is 342 g/mol. The van der Waals surface area contributed by atoms with Gasteiger partial charge in [0, 0.05) is 38.7 Å². The largest absolute Gasteiger partial charge is 0.339 e. The third-order valence-electron chi connectivity index (χ3n) is 4.39. The first-order valence-corrected chi connectivity index (χ1v) is 8.46. The van der Waals surface area contributed by atoms with Gasteiger partial charge in [0.2, 0.25) is 11.8 Å². The molecule has 2 aromatic rings. The predicted octanol–water partition coefficient (Wildman–Crippen LogP) is 1.61. The smallest absolute Gasteiger partial charge is 0.227 e. The average Bonchev–Trinajstić information content (AvgIpc) is 3.02. The molecule has 1 unspecified atom stereocenters. The molecule has 1 aliphatic heterocycles. The van der Waals surface area contributed by atoms with Gasteiger partial charge in [0.25, 0.3) is 0 Å². The van der Waals surface area contributed by atoms with Crippen LogP contribution < -0.4 is 5.32 Å². The van der Waals surface area contributed by atoms with Crippen molar-refractivity contribution in [3.8, 4) is 11.4 Å². The minimum absolute atomic E-state index is 0.116. The zero-order valence-corrected chi connectivity index (χ0v) is 14.5. The van der Waals surface area contributed by atoms with E-state index in [0.29, 0.717) is 17.9 Å². The molecule has 1 saturated heterocycles. The average molecular weight is 342 g/mol. The number of hydrogen-bond acceptors (Lipinski definition) is 5. The number of aromatic nitrogens is 4. The van der Waals surface area contributed by atoms with Crippen molar-refractivity contribution in [1.82, 2.24) is 24.9 Å². The van der Waals surface area contributed by atoms with Crippen molar-refractivity contribution in [3.63, 3.8) is 0 Å². The van der Waals surface area contributed by atoms with Crippen molar-refractivity contribution in [2.75, 3.05) is 11.9 Å². The summed E-state index contributed by atoms with van der Waals surface area (Å²) in [4.78, 5) is 25.9. The molecule has 2 amide bonds. The van der Waals surface area contributed by atoms with Gasteiger partial charge in [-0.3, -0.25) is 14.3 Å². The normalized spacial score (nSPS) is 15.9.